The maximum absolute atomic E-state index is 12.4. The molecule has 2 aliphatic heterocycles. The molecule has 2 aliphatic rings. The van der Waals surface area contributed by atoms with Crippen molar-refractivity contribution in [2.75, 3.05) is 19.8 Å². The molecule has 0 radical (unpaired) electrons. The van der Waals surface area contributed by atoms with Gasteiger partial charge in [0.15, 0.2) is 12.5 Å². The van der Waals surface area contributed by atoms with Crippen molar-refractivity contribution in [2.45, 2.75) is 55.2 Å². The van der Waals surface area contributed by atoms with Crippen LogP contribution in [0.5, 0.6) is 0 Å². The number of azide groups is 1. The van der Waals surface area contributed by atoms with Gasteiger partial charge in [-0.15, -0.1) is 0 Å². The van der Waals surface area contributed by atoms with Crippen molar-refractivity contribution >= 4 is 21.6 Å². The van der Waals surface area contributed by atoms with Gasteiger partial charge in [0.05, 0.1) is 13.2 Å². The first-order valence-electron chi connectivity index (χ1n) is 11.5. The Balaban J connectivity index is 0.00000484. The molecule has 23 nitrogen and oxygen atoms in total. The van der Waals surface area contributed by atoms with E-state index in [9.17, 15) is 58.8 Å². The summed E-state index contributed by atoms with van der Waals surface area (Å²) in [5.41, 5.74) is 6.49. The van der Waals surface area contributed by atoms with Gasteiger partial charge in [0.1, 0.15) is 49.2 Å². The zero-order chi connectivity index (χ0) is 31.4. The number of aliphatic hydroxyl groups excluding tert-OH is 5. The van der Waals surface area contributed by atoms with Gasteiger partial charge in [-0.05, 0) is 5.53 Å². The summed E-state index contributed by atoms with van der Waals surface area (Å²) in [7, 11) is -11.9. The predicted molar refractivity (Wildman–Crippen MR) is 124 cm³/mol. The van der Waals surface area contributed by atoms with E-state index in [0.717, 1.165) is 12.3 Å². The Bertz CT molecular complexity index is 1400. The molecule has 2 saturated heterocycles. The van der Waals surface area contributed by atoms with Gasteiger partial charge < -0.3 is 54.6 Å². The second-order valence-corrected chi connectivity index (χ2v) is 11.5. The fraction of sp³-hybridized carbons (Fsp3) is 0.706. The first-order chi connectivity index (χ1) is 19.6. The molecule has 44 heavy (non-hydrogen) atoms. The molecular weight excluding hydrogens is 668 g/mol. The summed E-state index contributed by atoms with van der Waals surface area (Å²) in [5.74, 6) is -1.11. The van der Waals surface area contributed by atoms with Crippen LogP contribution in [-0.2, 0) is 36.8 Å². The number of ether oxygens (including phenoxy) is 2. The molecule has 27 heteroatoms. The third kappa shape index (κ3) is 10.7. The molecule has 2 fully saturated rings. The molecule has 0 bridgehead atoms. The molecule has 0 saturated carbocycles. The summed E-state index contributed by atoms with van der Waals surface area (Å²) in [5, 5.41) is 54.9. The van der Waals surface area contributed by atoms with Crippen molar-refractivity contribution in [1.29, 1.82) is 0 Å². The Morgan fingerprint density at radius 1 is 1.09 bits per heavy atom. The number of phosphoric acid groups is 2. The van der Waals surface area contributed by atoms with E-state index in [4.69, 9.17) is 15.0 Å². The Morgan fingerprint density at radius 3 is 2.32 bits per heavy atom. The van der Waals surface area contributed by atoms with Crippen molar-refractivity contribution in [3.63, 3.8) is 0 Å². The van der Waals surface area contributed by atoms with Crippen molar-refractivity contribution in [2.24, 2.45) is 5.11 Å². The normalized spacial score (nSPS) is 32.6. The van der Waals surface area contributed by atoms with Crippen LogP contribution in [0.15, 0.2) is 27.0 Å². The van der Waals surface area contributed by atoms with Crippen LogP contribution in [0.3, 0.4) is 0 Å². The quantitative estimate of drug-likeness (QED) is 0.0351. The minimum atomic E-state index is -6.04. The number of aromatic amines is 1. The van der Waals surface area contributed by atoms with E-state index >= 15 is 0 Å². The van der Waals surface area contributed by atoms with Crippen molar-refractivity contribution < 1.29 is 131 Å². The zero-order valence-corrected chi connectivity index (χ0v) is 28.6. The molecule has 0 aliphatic carbocycles. The molecule has 1 aromatic heterocycles. The maximum Gasteiger partial charge on any atom is 1.00 e. The minimum Gasteiger partial charge on any atom is -0.756 e. The number of nitrogens with one attached hydrogen (secondary N) is 2. The molecular formula is C17H24N6Na2O17P2. The first-order valence-corrected chi connectivity index (χ1v) is 14.4. The van der Waals surface area contributed by atoms with Gasteiger partial charge in [0.25, 0.3) is 21.2 Å². The Morgan fingerprint density at radius 2 is 1.73 bits per heavy atom. The zero-order valence-electron chi connectivity index (χ0n) is 22.8. The van der Waals surface area contributed by atoms with Crippen LogP contribution >= 0.6 is 15.6 Å². The fourth-order valence-electron chi connectivity index (χ4n) is 3.83. The molecule has 7 N–H and O–H groups in total. The minimum absolute atomic E-state index is 0. The number of phosphoric ester groups is 2. The number of rotatable bonds is 12. The van der Waals surface area contributed by atoms with Crippen molar-refractivity contribution in [3.8, 4) is 0 Å². The van der Waals surface area contributed by atoms with Crippen LogP contribution in [-0.4, -0.2) is 110 Å². The predicted octanol–water partition coefficient (Wildman–Crippen LogP) is -11.6. The van der Waals surface area contributed by atoms with E-state index in [-0.39, 0.29) is 59.1 Å². The van der Waals surface area contributed by atoms with Crippen LogP contribution in [0.2, 0.25) is 0 Å². The summed E-state index contributed by atoms with van der Waals surface area (Å²) in [4.78, 5) is 63.9. The monoisotopic (exact) mass is 692 g/mol. The number of aliphatic hydroxyl groups is 5. The van der Waals surface area contributed by atoms with Crippen molar-refractivity contribution in [1.82, 2.24) is 14.9 Å². The fourth-order valence-corrected chi connectivity index (χ4v) is 5.92. The van der Waals surface area contributed by atoms with E-state index in [1.807, 2.05) is 10.3 Å². The number of nitrogens with zero attached hydrogens (tertiary/aromatic N) is 4. The van der Waals surface area contributed by atoms with Gasteiger partial charge in [-0.1, -0.05) is 5.11 Å². The summed E-state index contributed by atoms with van der Waals surface area (Å²) < 4.78 is 48.4. The van der Waals surface area contributed by atoms with Gasteiger partial charge >= 0.3 is 64.8 Å². The van der Waals surface area contributed by atoms with E-state index in [0.29, 0.717) is 4.57 Å². The number of carbonyl (C=O) groups excluding carboxylic acids is 1. The second-order valence-electron chi connectivity index (χ2n) is 8.63. The molecule has 3 rings (SSSR count). The molecule has 1 aromatic rings. The number of hydrogen-bond donors (Lipinski definition) is 7. The largest absolute Gasteiger partial charge is 1.00 e. The summed E-state index contributed by atoms with van der Waals surface area (Å²) in [6.45, 7) is -3.00. The number of hydrogen-bond acceptors (Lipinski definition) is 18. The molecule has 5 unspecified atom stereocenters. The average Bonchev–Trinajstić information content (AvgIpc) is 3.18. The van der Waals surface area contributed by atoms with E-state index in [2.05, 4.69) is 23.4 Å². The molecule has 11 atom stereocenters. The summed E-state index contributed by atoms with van der Waals surface area (Å²) >= 11 is 0. The van der Waals surface area contributed by atoms with Crippen LogP contribution in [0.1, 0.15) is 6.23 Å². The van der Waals surface area contributed by atoms with Crippen LogP contribution in [0, 0.1) is 0 Å². The Kier molecular flexibility index (Phi) is 16.5. The standard InChI is InChI=1S/C17H26N6O17P2.2Na/c18-22-19-3-9(26)20-10-13(29)11(27)6(4-24)38-16(10)39-42(34,35)40-41(32,33)36-5-7-12(28)14(30)15(37-7)23-2-1-8(25)21-17(23)31;;/h1-2,6-7,10-16,24,27-30H,3-5H2,(H,20,26)(H,32,33)(H,34,35)(H,21,25,31);;/q;2*+1/p-2/t6?,7-,10?,11+,12?,13+,14+,15-,16-;;/m1../s1. The molecule has 0 spiro atoms. The number of aromatic nitrogens is 2. The molecule has 1 amide bonds. The van der Waals surface area contributed by atoms with Gasteiger partial charge in [0, 0.05) is 17.2 Å². The average molecular weight is 692 g/mol. The molecule has 0 aromatic carbocycles. The van der Waals surface area contributed by atoms with Crippen LogP contribution in [0.25, 0.3) is 10.4 Å². The smallest absolute Gasteiger partial charge is 0.756 e. The van der Waals surface area contributed by atoms with Gasteiger partial charge in [0.2, 0.25) is 5.91 Å². The number of amides is 1. The number of H-pyrrole nitrogens is 1. The van der Waals surface area contributed by atoms with E-state index < -0.39 is 108 Å². The van der Waals surface area contributed by atoms with Crippen LogP contribution in [0.4, 0.5) is 0 Å². The summed E-state index contributed by atoms with van der Waals surface area (Å²) in [6, 6.07) is -1.03. The Labute approximate surface area is 289 Å². The first kappa shape index (κ1) is 41.5. The number of carbonyl (C=O) groups is 1. The third-order valence-corrected chi connectivity index (χ3v) is 8.31. The van der Waals surface area contributed by atoms with Gasteiger partial charge in [-0.3, -0.25) is 32.8 Å². The van der Waals surface area contributed by atoms with Crippen molar-refractivity contribution in [3.05, 3.63) is 43.5 Å². The van der Waals surface area contributed by atoms with Gasteiger partial charge in [-0.2, -0.15) is 0 Å². The van der Waals surface area contributed by atoms with Gasteiger partial charge in [-0.25, -0.2) is 9.11 Å². The SMILES string of the molecule is [N-]=[N+]=NCC(=O)NC1[C@@H](OP(=O)([O-])OP(=O)([O-])OC[C@H]2O[C@@H](n3ccc(=O)[nH]c3=O)[C@@H](O)C2O)OC(CO)[C@H](O)[C@H]1O.[Na+].[Na+]. The third-order valence-electron chi connectivity index (χ3n) is 5.78. The maximum atomic E-state index is 12.4. The van der Waals surface area contributed by atoms with E-state index in [1.54, 1.807) is 0 Å². The topological polar surface area (TPSA) is 360 Å². The van der Waals surface area contributed by atoms with E-state index in [1.165, 1.54) is 0 Å². The van der Waals surface area contributed by atoms with Crippen LogP contribution < -0.4 is 85.5 Å². The summed E-state index contributed by atoms with van der Waals surface area (Å²) in [6.07, 6.45) is -14.0. The second kappa shape index (κ2) is 17.6. The molecule has 3 heterocycles. The molecule has 236 valence electrons. The Hall–Kier alpha value is -0.560.